The standard InChI is InChI=1S/C12H11NO3/c14-11(6-12(15)16)10-3-1-2-8-7-13-5-4-9(8)10/h1-5,7,11,14H,6H2,(H,15,16)/t11-/m1/s1. The molecular formula is C12H11NO3. The highest BCUT2D eigenvalue weighted by molar-refractivity contribution is 5.85. The maximum atomic E-state index is 10.5. The zero-order chi connectivity index (χ0) is 11.5. The Hall–Kier alpha value is -1.94. The molecule has 1 aromatic carbocycles. The number of rotatable bonds is 3. The molecule has 0 bridgehead atoms. The molecular weight excluding hydrogens is 206 g/mol. The van der Waals surface area contributed by atoms with Crippen LogP contribution in [-0.2, 0) is 4.79 Å². The molecule has 1 aromatic heterocycles. The van der Waals surface area contributed by atoms with Crippen LogP contribution in [0, 0.1) is 0 Å². The number of hydrogen-bond donors (Lipinski definition) is 2. The molecule has 4 nitrogen and oxygen atoms in total. The van der Waals surface area contributed by atoms with Crippen molar-refractivity contribution in [1.82, 2.24) is 4.98 Å². The average Bonchev–Trinajstić information content (AvgIpc) is 2.27. The quantitative estimate of drug-likeness (QED) is 0.821. The Morgan fingerprint density at radius 2 is 2.19 bits per heavy atom. The van der Waals surface area contributed by atoms with Gasteiger partial charge in [-0.2, -0.15) is 0 Å². The van der Waals surface area contributed by atoms with Gasteiger partial charge < -0.3 is 10.2 Å². The van der Waals surface area contributed by atoms with Crippen LogP contribution in [0.25, 0.3) is 10.8 Å². The van der Waals surface area contributed by atoms with Gasteiger partial charge in [-0.1, -0.05) is 18.2 Å². The van der Waals surface area contributed by atoms with Gasteiger partial charge >= 0.3 is 5.97 Å². The van der Waals surface area contributed by atoms with Gasteiger partial charge in [0.1, 0.15) is 0 Å². The van der Waals surface area contributed by atoms with Crippen molar-refractivity contribution in [2.75, 3.05) is 0 Å². The molecule has 16 heavy (non-hydrogen) atoms. The lowest BCUT2D eigenvalue weighted by Crippen LogP contribution is -2.05. The van der Waals surface area contributed by atoms with Crippen molar-refractivity contribution in [1.29, 1.82) is 0 Å². The van der Waals surface area contributed by atoms with Gasteiger partial charge in [-0.05, 0) is 17.0 Å². The van der Waals surface area contributed by atoms with E-state index in [0.717, 1.165) is 10.8 Å². The second kappa shape index (κ2) is 4.28. The predicted molar refractivity (Wildman–Crippen MR) is 59.0 cm³/mol. The van der Waals surface area contributed by atoms with E-state index >= 15 is 0 Å². The number of carbonyl (C=O) groups is 1. The highest BCUT2D eigenvalue weighted by Crippen LogP contribution is 2.25. The van der Waals surface area contributed by atoms with Gasteiger partial charge in [-0.15, -0.1) is 0 Å². The monoisotopic (exact) mass is 217 g/mol. The van der Waals surface area contributed by atoms with E-state index in [4.69, 9.17) is 5.11 Å². The summed E-state index contributed by atoms with van der Waals surface area (Å²) in [4.78, 5) is 14.5. The number of aliphatic hydroxyl groups excluding tert-OH is 1. The summed E-state index contributed by atoms with van der Waals surface area (Å²) < 4.78 is 0. The third kappa shape index (κ3) is 2.01. The highest BCUT2D eigenvalue weighted by Gasteiger charge is 2.14. The van der Waals surface area contributed by atoms with E-state index in [0.29, 0.717) is 5.56 Å². The fraction of sp³-hybridized carbons (Fsp3) is 0.167. The van der Waals surface area contributed by atoms with E-state index in [2.05, 4.69) is 4.98 Å². The number of carboxylic acid groups (broad SMARTS) is 1. The second-order valence-corrected chi connectivity index (χ2v) is 3.56. The topological polar surface area (TPSA) is 70.4 Å². The van der Waals surface area contributed by atoms with Crippen LogP contribution in [0.3, 0.4) is 0 Å². The number of pyridine rings is 1. The molecule has 1 heterocycles. The van der Waals surface area contributed by atoms with Crippen molar-refractivity contribution in [3.63, 3.8) is 0 Å². The van der Waals surface area contributed by atoms with Gasteiger partial charge in [0.25, 0.3) is 0 Å². The van der Waals surface area contributed by atoms with E-state index in [9.17, 15) is 9.90 Å². The van der Waals surface area contributed by atoms with Crippen molar-refractivity contribution in [2.45, 2.75) is 12.5 Å². The summed E-state index contributed by atoms with van der Waals surface area (Å²) in [6.07, 6.45) is 2.04. The van der Waals surface area contributed by atoms with Crippen molar-refractivity contribution in [3.05, 3.63) is 42.2 Å². The number of nitrogens with zero attached hydrogens (tertiary/aromatic N) is 1. The molecule has 2 rings (SSSR count). The molecule has 4 heteroatoms. The molecule has 0 aliphatic rings. The first kappa shape index (κ1) is 10.6. The van der Waals surface area contributed by atoms with Crippen LogP contribution in [0.4, 0.5) is 0 Å². The summed E-state index contributed by atoms with van der Waals surface area (Å²) in [6, 6.07) is 7.16. The number of carboxylic acids is 1. The molecule has 0 spiro atoms. The Kier molecular flexibility index (Phi) is 2.83. The maximum Gasteiger partial charge on any atom is 0.306 e. The molecule has 0 aliphatic carbocycles. The number of benzene rings is 1. The van der Waals surface area contributed by atoms with E-state index in [1.807, 2.05) is 6.07 Å². The van der Waals surface area contributed by atoms with E-state index in [1.165, 1.54) is 0 Å². The molecule has 82 valence electrons. The second-order valence-electron chi connectivity index (χ2n) is 3.56. The third-order valence-corrected chi connectivity index (χ3v) is 2.44. The molecule has 0 amide bonds. The first-order valence-electron chi connectivity index (χ1n) is 4.91. The third-order valence-electron chi connectivity index (χ3n) is 2.44. The largest absolute Gasteiger partial charge is 0.481 e. The van der Waals surface area contributed by atoms with Crippen LogP contribution < -0.4 is 0 Å². The molecule has 2 aromatic rings. The van der Waals surface area contributed by atoms with Crippen LogP contribution in [0.2, 0.25) is 0 Å². The lowest BCUT2D eigenvalue weighted by Gasteiger charge is -2.11. The van der Waals surface area contributed by atoms with Crippen molar-refractivity contribution >= 4 is 16.7 Å². The number of hydrogen-bond acceptors (Lipinski definition) is 3. The molecule has 0 aliphatic heterocycles. The summed E-state index contributed by atoms with van der Waals surface area (Å²) in [5.41, 5.74) is 0.627. The van der Waals surface area contributed by atoms with Gasteiger partial charge in [0.15, 0.2) is 0 Å². The molecule has 1 atom stereocenters. The number of aliphatic carboxylic acids is 1. The number of aromatic nitrogens is 1. The minimum Gasteiger partial charge on any atom is -0.481 e. The zero-order valence-electron chi connectivity index (χ0n) is 8.50. The predicted octanol–water partition coefficient (Wildman–Crippen LogP) is 1.74. The smallest absolute Gasteiger partial charge is 0.306 e. The number of fused-ring (bicyclic) bond motifs is 1. The summed E-state index contributed by atoms with van der Waals surface area (Å²) >= 11 is 0. The molecule has 0 unspecified atom stereocenters. The lowest BCUT2D eigenvalue weighted by molar-refractivity contribution is -0.139. The highest BCUT2D eigenvalue weighted by atomic mass is 16.4. The number of aliphatic hydroxyl groups is 1. The Balaban J connectivity index is 2.47. The Bertz CT molecular complexity index is 519. The van der Waals surface area contributed by atoms with E-state index in [1.54, 1.807) is 30.6 Å². The SMILES string of the molecule is O=C(O)C[C@@H](O)c1cccc2cnccc12. The molecule has 0 fully saturated rings. The van der Waals surface area contributed by atoms with Crippen LogP contribution in [0.1, 0.15) is 18.1 Å². The summed E-state index contributed by atoms with van der Waals surface area (Å²) in [6.45, 7) is 0. The van der Waals surface area contributed by atoms with Crippen LogP contribution in [-0.4, -0.2) is 21.2 Å². The normalized spacial score (nSPS) is 12.6. The molecule has 0 saturated heterocycles. The summed E-state index contributed by atoms with van der Waals surface area (Å²) in [5, 5.41) is 20.2. The fourth-order valence-electron chi connectivity index (χ4n) is 1.71. The van der Waals surface area contributed by atoms with Crippen LogP contribution >= 0.6 is 0 Å². The van der Waals surface area contributed by atoms with E-state index < -0.39 is 12.1 Å². The van der Waals surface area contributed by atoms with Gasteiger partial charge in [-0.3, -0.25) is 9.78 Å². The molecule has 0 saturated carbocycles. The molecule has 0 radical (unpaired) electrons. The van der Waals surface area contributed by atoms with Crippen LogP contribution in [0.15, 0.2) is 36.7 Å². The van der Waals surface area contributed by atoms with Crippen molar-refractivity contribution in [2.24, 2.45) is 0 Å². The van der Waals surface area contributed by atoms with Crippen molar-refractivity contribution < 1.29 is 15.0 Å². The average molecular weight is 217 g/mol. The minimum atomic E-state index is -1.02. The lowest BCUT2D eigenvalue weighted by atomic mass is 10.0. The Labute approximate surface area is 92.2 Å². The van der Waals surface area contributed by atoms with E-state index in [-0.39, 0.29) is 6.42 Å². The summed E-state index contributed by atoms with van der Waals surface area (Å²) in [5.74, 6) is -1.02. The van der Waals surface area contributed by atoms with Gasteiger partial charge in [0.2, 0.25) is 0 Å². The zero-order valence-corrected chi connectivity index (χ0v) is 8.50. The van der Waals surface area contributed by atoms with Crippen molar-refractivity contribution in [3.8, 4) is 0 Å². The Morgan fingerprint density at radius 1 is 1.38 bits per heavy atom. The van der Waals surface area contributed by atoms with Crippen LogP contribution in [0.5, 0.6) is 0 Å². The Morgan fingerprint density at radius 3 is 2.94 bits per heavy atom. The fourth-order valence-corrected chi connectivity index (χ4v) is 1.71. The minimum absolute atomic E-state index is 0.290. The first-order chi connectivity index (χ1) is 7.68. The van der Waals surface area contributed by atoms with Gasteiger partial charge in [0, 0.05) is 17.8 Å². The first-order valence-corrected chi connectivity index (χ1v) is 4.91. The summed E-state index contributed by atoms with van der Waals surface area (Å²) in [7, 11) is 0. The molecule has 2 N–H and O–H groups in total. The van der Waals surface area contributed by atoms with Gasteiger partial charge in [-0.25, -0.2) is 0 Å². The van der Waals surface area contributed by atoms with Gasteiger partial charge in [0.05, 0.1) is 12.5 Å². The maximum absolute atomic E-state index is 10.5.